The molecule has 4 rings (SSSR count). The lowest BCUT2D eigenvalue weighted by Crippen LogP contribution is -2.32. The Morgan fingerprint density at radius 3 is 2.31 bits per heavy atom. The summed E-state index contributed by atoms with van der Waals surface area (Å²) in [4.78, 5) is 27.4. The zero-order valence-corrected chi connectivity index (χ0v) is 15.0. The number of ketones is 1. The summed E-state index contributed by atoms with van der Waals surface area (Å²) in [6.07, 6.45) is 8.90. The van der Waals surface area contributed by atoms with Gasteiger partial charge in [-0.25, -0.2) is 9.78 Å². The standard InChI is InChI=1S/C22H23NO3/c1-22-8-2-4-15-10-14(11-16(20(15)22)5-3-9-22)12-19(24)17-6-7-18(21(25)26)23-13-17/h6-7,10-11,13H,2-5,8-9,12H2,1H3,(H,25,26). The molecule has 1 N–H and O–H groups in total. The molecule has 1 aromatic heterocycles. The molecule has 134 valence electrons. The first-order valence-corrected chi connectivity index (χ1v) is 9.34. The predicted octanol–water partition coefficient (Wildman–Crippen LogP) is 4.14. The second-order valence-electron chi connectivity index (χ2n) is 7.89. The van der Waals surface area contributed by atoms with Crippen LogP contribution >= 0.6 is 0 Å². The molecule has 2 aromatic rings. The molecule has 0 radical (unpaired) electrons. The molecule has 0 atom stereocenters. The maximum Gasteiger partial charge on any atom is 0.354 e. The minimum atomic E-state index is -1.08. The van der Waals surface area contributed by atoms with E-state index in [0.29, 0.717) is 17.4 Å². The second-order valence-corrected chi connectivity index (χ2v) is 7.89. The number of carboxylic acid groups (broad SMARTS) is 1. The number of aromatic nitrogens is 1. The van der Waals surface area contributed by atoms with Crippen LogP contribution in [-0.2, 0) is 24.7 Å². The Hall–Kier alpha value is -2.49. The van der Waals surface area contributed by atoms with Gasteiger partial charge in [0.15, 0.2) is 5.78 Å². The van der Waals surface area contributed by atoms with E-state index in [1.165, 1.54) is 49.1 Å². The maximum absolute atomic E-state index is 12.6. The highest BCUT2D eigenvalue weighted by atomic mass is 16.4. The third-order valence-corrected chi connectivity index (χ3v) is 5.98. The topological polar surface area (TPSA) is 67.3 Å². The number of carbonyl (C=O) groups excluding carboxylic acids is 1. The van der Waals surface area contributed by atoms with Gasteiger partial charge in [-0.05, 0) is 78.3 Å². The van der Waals surface area contributed by atoms with Gasteiger partial charge in [-0.15, -0.1) is 0 Å². The molecule has 0 saturated heterocycles. The Balaban J connectivity index is 1.61. The molecule has 4 nitrogen and oxygen atoms in total. The highest BCUT2D eigenvalue weighted by Gasteiger charge is 2.36. The number of rotatable bonds is 4. The minimum absolute atomic E-state index is 0.0176. The summed E-state index contributed by atoms with van der Waals surface area (Å²) in [5.41, 5.74) is 6.22. The molecule has 0 fully saturated rings. The predicted molar refractivity (Wildman–Crippen MR) is 98.9 cm³/mol. The van der Waals surface area contributed by atoms with E-state index in [2.05, 4.69) is 24.0 Å². The van der Waals surface area contributed by atoms with Crippen LogP contribution in [0.15, 0.2) is 30.5 Å². The monoisotopic (exact) mass is 349 g/mol. The molecule has 0 bridgehead atoms. The third-order valence-electron chi connectivity index (χ3n) is 5.98. The summed E-state index contributed by atoms with van der Waals surface area (Å²) >= 11 is 0. The number of hydrogen-bond acceptors (Lipinski definition) is 3. The molecule has 0 aliphatic heterocycles. The van der Waals surface area contributed by atoms with Crippen molar-refractivity contribution in [1.82, 2.24) is 4.98 Å². The van der Waals surface area contributed by atoms with Crippen LogP contribution in [0.3, 0.4) is 0 Å². The zero-order valence-electron chi connectivity index (χ0n) is 15.0. The van der Waals surface area contributed by atoms with Crippen LogP contribution in [0.2, 0.25) is 0 Å². The Kier molecular flexibility index (Phi) is 4.14. The summed E-state index contributed by atoms with van der Waals surface area (Å²) in [7, 11) is 0. The molecule has 1 aromatic carbocycles. The Bertz CT molecular complexity index is 852. The van der Waals surface area contributed by atoms with Gasteiger partial charge in [-0.3, -0.25) is 4.79 Å². The first-order chi connectivity index (χ1) is 12.5. The zero-order chi connectivity index (χ0) is 18.3. The van der Waals surface area contributed by atoms with Gasteiger partial charge >= 0.3 is 5.97 Å². The van der Waals surface area contributed by atoms with Gasteiger partial charge in [0.1, 0.15) is 5.69 Å². The second kappa shape index (κ2) is 6.35. The summed E-state index contributed by atoms with van der Waals surface area (Å²) in [6.45, 7) is 2.40. The summed E-state index contributed by atoms with van der Waals surface area (Å²) < 4.78 is 0. The van der Waals surface area contributed by atoms with Crippen molar-refractivity contribution in [3.05, 3.63) is 64.0 Å². The fourth-order valence-corrected chi connectivity index (χ4v) is 4.80. The van der Waals surface area contributed by atoms with E-state index < -0.39 is 5.97 Å². The lowest BCUT2D eigenvalue weighted by molar-refractivity contribution is 0.0690. The molecular weight excluding hydrogens is 326 g/mol. The number of aryl methyl sites for hydroxylation is 2. The molecule has 2 aliphatic rings. The third kappa shape index (κ3) is 2.94. The summed E-state index contributed by atoms with van der Waals surface area (Å²) in [6, 6.07) is 7.38. The highest BCUT2D eigenvalue weighted by Crippen LogP contribution is 2.46. The number of benzene rings is 1. The van der Waals surface area contributed by atoms with Gasteiger partial charge in [0.2, 0.25) is 0 Å². The fourth-order valence-electron chi connectivity index (χ4n) is 4.80. The molecule has 0 amide bonds. The van der Waals surface area contributed by atoms with Crippen LogP contribution in [0.4, 0.5) is 0 Å². The van der Waals surface area contributed by atoms with E-state index in [1.54, 1.807) is 11.6 Å². The van der Waals surface area contributed by atoms with Gasteiger partial charge in [0.05, 0.1) is 0 Å². The van der Waals surface area contributed by atoms with Crippen molar-refractivity contribution in [3.63, 3.8) is 0 Å². The van der Waals surface area contributed by atoms with Crippen LogP contribution in [0, 0.1) is 0 Å². The number of pyridine rings is 1. The van der Waals surface area contributed by atoms with Crippen molar-refractivity contribution < 1.29 is 14.7 Å². The molecule has 2 aliphatic carbocycles. The average molecular weight is 349 g/mol. The first kappa shape index (κ1) is 17.0. The molecule has 0 unspecified atom stereocenters. The van der Waals surface area contributed by atoms with Gasteiger partial charge < -0.3 is 5.11 Å². The van der Waals surface area contributed by atoms with Gasteiger partial charge in [-0.1, -0.05) is 19.1 Å². The molecular formula is C22H23NO3. The lowest BCUT2D eigenvalue weighted by atomic mass is 9.63. The SMILES string of the molecule is CC12CCCc3cc(CC(=O)c4ccc(C(=O)O)nc4)cc(c31)CCC2. The van der Waals surface area contributed by atoms with Crippen molar-refractivity contribution >= 4 is 11.8 Å². The quantitative estimate of drug-likeness (QED) is 0.843. The van der Waals surface area contributed by atoms with E-state index in [9.17, 15) is 9.59 Å². The Labute approximate surface area is 153 Å². The van der Waals surface area contributed by atoms with E-state index in [4.69, 9.17) is 5.11 Å². The van der Waals surface area contributed by atoms with Gasteiger partial charge in [0, 0.05) is 18.2 Å². The number of carboxylic acids is 1. The number of nitrogens with zero attached hydrogens (tertiary/aromatic N) is 1. The van der Waals surface area contributed by atoms with Crippen LogP contribution in [0.5, 0.6) is 0 Å². The number of aromatic carboxylic acids is 1. The Morgan fingerprint density at radius 1 is 1.12 bits per heavy atom. The van der Waals surface area contributed by atoms with Crippen LogP contribution in [-0.4, -0.2) is 21.8 Å². The van der Waals surface area contributed by atoms with E-state index in [-0.39, 0.29) is 11.5 Å². The smallest absolute Gasteiger partial charge is 0.354 e. The Morgan fingerprint density at radius 2 is 1.77 bits per heavy atom. The maximum atomic E-state index is 12.6. The van der Waals surface area contributed by atoms with Gasteiger partial charge in [0.25, 0.3) is 0 Å². The van der Waals surface area contributed by atoms with E-state index in [1.807, 2.05) is 0 Å². The van der Waals surface area contributed by atoms with Crippen molar-refractivity contribution in [2.24, 2.45) is 0 Å². The van der Waals surface area contributed by atoms with E-state index >= 15 is 0 Å². The van der Waals surface area contributed by atoms with Crippen LogP contribution in [0.1, 0.15) is 75.7 Å². The van der Waals surface area contributed by atoms with Crippen molar-refractivity contribution in [2.75, 3.05) is 0 Å². The van der Waals surface area contributed by atoms with Crippen molar-refractivity contribution in [1.29, 1.82) is 0 Å². The number of hydrogen-bond donors (Lipinski definition) is 1. The number of carbonyl (C=O) groups is 2. The minimum Gasteiger partial charge on any atom is -0.477 e. The van der Waals surface area contributed by atoms with E-state index in [0.717, 1.165) is 18.4 Å². The fraction of sp³-hybridized carbons (Fsp3) is 0.409. The summed E-state index contributed by atoms with van der Waals surface area (Å²) in [5, 5.41) is 8.92. The molecule has 1 heterocycles. The normalized spacial score (nSPS) is 17.4. The van der Waals surface area contributed by atoms with Crippen molar-refractivity contribution in [3.8, 4) is 0 Å². The molecule has 0 saturated carbocycles. The molecule has 26 heavy (non-hydrogen) atoms. The highest BCUT2D eigenvalue weighted by molar-refractivity contribution is 5.98. The summed E-state index contributed by atoms with van der Waals surface area (Å²) in [5.74, 6) is -1.10. The molecule has 4 heteroatoms. The van der Waals surface area contributed by atoms with Crippen LogP contribution < -0.4 is 0 Å². The first-order valence-electron chi connectivity index (χ1n) is 9.34. The average Bonchev–Trinajstić information content (AvgIpc) is 2.61. The van der Waals surface area contributed by atoms with Crippen molar-refractivity contribution in [2.45, 2.75) is 57.3 Å². The molecule has 0 spiro atoms. The lowest BCUT2D eigenvalue weighted by Gasteiger charge is -2.41. The van der Waals surface area contributed by atoms with Gasteiger partial charge in [-0.2, -0.15) is 0 Å². The van der Waals surface area contributed by atoms with Crippen LogP contribution in [0.25, 0.3) is 0 Å². The number of Topliss-reactive ketones (excluding diaryl/α,β-unsaturated/α-hetero) is 1. The largest absolute Gasteiger partial charge is 0.477 e.